The predicted molar refractivity (Wildman–Crippen MR) is 125 cm³/mol. The standard InChI is InChI=1S/C25H27ClN2O3/c1-16-6-8-19(17(2)14-16)20-9-11-22(25(29)30)27-24(20)18-7-10-21(26)23(15-18)31-13-5-12-28(3)4/h6-11,14-15H,5,12-13H2,1-4H3,(H,29,30). The van der Waals surface area contributed by atoms with Crippen LogP contribution >= 0.6 is 11.6 Å². The molecule has 6 heteroatoms. The van der Waals surface area contributed by atoms with Crippen molar-refractivity contribution in [3.05, 3.63) is 70.4 Å². The predicted octanol–water partition coefficient (Wildman–Crippen LogP) is 5.71. The molecule has 0 saturated heterocycles. The first-order chi connectivity index (χ1) is 14.8. The van der Waals surface area contributed by atoms with Crippen LogP contribution in [0.25, 0.3) is 22.4 Å². The highest BCUT2D eigenvalue weighted by Crippen LogP contribution is 2.36. The average Bonchev–Trinajstić information content (AvgIpc) is 2.72. The Labute approximate surface area is 188 Å². The number of aryl methyl sites for hydroxylation is 2. The monoisotopic (exact) mass is 438 g/mol. The van der Waals surface area contributed by atoms with Crippen molar-refractivity contribution in [3.8, 4) is 28.1 Å². The zero-order valence-corrected chi connectivity index (χ0v) is 19.0. The molecule has 0 aliphatic carbocycles. The van der Waals surface area contributed by atoms with Crippen LogP contribution in [-0.2, 0) is 0 Å². The lowest BCUT2D eigenvalue weighted by atomic mass is 9.94. The fraction of sp³-hybridized carbons (Fsp3) is 0.280. The lowest BCUT2D eigenvalue weighted by Crippen LogP contribution is -2.15. The van der Waals surface area contributed by atoms with Crippen molar-refractivity contribution >= 4 is 17.6 Å². The number of aromatic carboxylic acids is 1. The Hall–Kier alpha value is -2.89. The largest absolute Gasteiger partial charge is 0.492 e. The van der Waals surface area contributed by atoms with Crippen LogP contribution in [0.4, 0.5) is 0 Å². The number of rotatable bonds is 8. The Morgan fingerprint density at radius 3 is 2.48 bits per heavy atom. The summed E-state index contributed by atoms with van der Waals surface area (Å²) in [6, 6.07) is 15.0. The number of pyridine rings is 1. The van der Waals surface area contributed by atoms with Crippen LogP contribution in [-0.4, -0.2) is 48.2 Å². The zero-order valence-electron chi connectivity index (χ0n) is 18.3. The third kappa shape index (κ3) is 5.63. The van der Waals surface area contributed by atoms with Gasteiger partial charge in [-0.3, -0.25) is 0 Å². The quantitative estimate of drug-likeness (QED) is 0.456. The van der Waals surface area contributed by atoms with Gasteiger partial charge in [0.25, 0.3) is 0 Å². The van der Waals surface area contributed by atoms with Gasteiger partial charge in [0, 0.05) is 17.7 Å². The van der Waals surface area contributed by atoms with E-state index in [0.717, 1.165) is 40.8 Å². The summed E-state index contributed by atoms with van der Waals surface area (Å²) in [4.78, 5) is 18.1. The van der Waals surface area contributed by atoms with Crippen molar-refractivity contribution in [2.75, 3.05) is 27.2 Å². The molecule has 0 spiro atoms. The van der Waals surface area contributed by atoms with E-state index >= 15 is 0 Å². The molecule has 0 radical (unpaired) electrons. The van der Waals surface area contributed by atoms with Gasteiger partial charge in [0.2, 0.25) is 0 Å². The van der Waals surface area contributed by atoms with Crippen LogP contribution in [0.2, 0.25) is 5.02 Å². The summed E-state index contributed by atoms with van der Waals surface area (Å²) >= 11 is 6.36. The Morgan fingerprint density at radius 2 is 1.81 bits per heavy atom. The van der Waals surface area contributed by atoms with Crippen LogP contribution in [0.15, 0.2) is 48.5 Å². The van der Waals surface area contributed by atoms with Gasteiger partial charge < -0.3 is 14.7 Å². The summed E-state index contributed by atoms with van der Waals surface area (Å²) in [5, 5.41) is 9.99. The maximum absolute atomic E-state index is 11.6. The maximum Gasteiger partial charge on any atom is 0.354 e. The summed E-state index contributed by atoms with van der Waals surface area (Å²) in [6.45, 7) is 5.53. The minimum atomic E-state index is -1.07. The van der Waals surface area contributed by atoms with Gasteiger partial charge in [-0.2, -0.15) is 0 Å². The fourth-order valence-corrected chi connectivity index (χ4v) is 3.63. The highest BCUT2D eigenvalue weighted by molar-refractivity contribution is 6.32. The highest BCUT2D eigenvalue weighted by atomic mass is 35.5. The summed E-state index contributed by atoms with van der Waals surface area (Å²) in [7, 11) is 4.03. The number of nitrogens with zero attached hydrogens (tertiary/aromatic N) is 2. The minimum Gasteiger partial charge on any atom is -0.492 e. The molecule has 31 heavy (non-hydrogen) atoms. The Kier molecular flexibility index (Phi) is 7.31. The number of hydrogen-bond acceptors (Lipinski definition) is 4. The van der Waals surface area contributed by atoms with E-state index in [1.807, 2.05) is 58.3 Å². The van der Waals surface area contributed by atoms with E-state index in [2.05, 4.69) is 16.0 Å². The molecule has 3 rings (SSSR count). The number of carbonyl (C=O) groups is 1. The van der Waals surface area contributed by atoms with E-state index in [4.69, 9.17) is 16.3 Å². The molecular weight excluding hydrogens is 412 g/mol. The number of carboxylic acids is 1. The van der Waals surface area contributed by atoms with Crippen molar-refractivity contribution in [1.82, 2.24) is 9.88 Å². The van der Waals surface area contributed by atoms with Crippen LogP contribution in [0.3, 0.4) is 0 Å². The van der Waals surface area contributed by atoms with Gasteiger partial charge >= 0.3 is 5.97 Å². The Morgan fingerprint density at radius 1 is 1.06 bits per heavy atom. The number of aromatic nitrogens is 1. The maximum atomic E-state index is 11.6. The van der Waals surface area contributed by atoms with Gasteiger partial charge in [0.1, 0.15) is 11.4 Å². The van der Waals surface area contributed by atoms with Crippen molar-refractivity contribution < 1.29 is 14.6 Å². The number of halogens is 1. The minimum absolute atomic E-state index is 0.00749. The normalized spacial score (nSPS) is 11.0. The first kappa shape index (κ1) is 22.8. The van der Waals surface area contributed by atoms with Gasteiger partial charge in [-0.05, 0) is 69.8 Å². The SMILES string of the molecule is Cc1ccc(-c2ccc(C(=O)O)nc2-c2ccc(Cl)c(OCCCN(C)C)c2)c(C)c1. The lowest BCUT2D eigenvalue weighted by molar-refractivity contribution is 0.0690. The van der Waals surface area contributed by atoms with Crippen molar-refractivity contribution in [2.24, 2.45) is 0 Å². The molecule has 0 atom stereocenters. The van der Waals surface area contributed by atoms with Gasteiger partial charge in [-0.15, -0.1) is 0 Å². The molecule has 5 nitrogen and oxygen atoms in total. The second-order valence-corrected chi connectivity index (χ2v) is 8.27. The summed E-state index contributed by atoms with van der Waals surface area (Å²) in [5.41, 5.74) is 5.47. The third-order valence-corrected chi connectivity index (χ3v) is 5.31. The summed E-state index contributed by atoms with van der Waals surface area (Å²) < 4.78 is 5.91. The molecule has 1 heterocycles. The van der Waals surface area contributed by atoms with E-state index in [9.17, 15) is 9.90 Å². The third-order valence-electron chi connectivity index (χ3n) is 5.00. The highest BCUT2D eigenvalue weighted by Gasteiger charge is 2.16. The molecular formula is C25H27ClN2O3. The smallest absolute Gasteiger partial charge is 0.354 e. The zero-order chi connectivity index (χ0) is 22.5. The van der Waals surface area contributed by atoms with Crippen LogP contribution in [0.5, 0.6) is 5.75 Å². The van der Waals surface area contributed by atoms with Crippen LogP contribution < -0.4 is 4.74 Å². The number of ether oxygens (including phenoxy) is 1. The van der Waals surface area contributed by atoms with E-state index in [0.29, 0.717) is 23.1 Å². The van der Waals surface area contributed by atoms with Gasteiger partial charge in [0.15, 0.2) is 0 Å². The van der Waals surface area contributed by atoms with E-state index in [-0.39, 0.29) is 5.69 Å². The average molecular weight is 439 g/mol. The first-order valence-electron chi connectivity index (χ1n) is 10.2. The van der Waals surface area contributed by atoms with E-state index in [1.54, 1.807) is 6.07 Å². The van der Waals surface area contributed by atoms with Crippen molar-refractivity contribution in [1.29, 1.82) is 0 Å². The number of benzene rings is 2. The van der Waals surface area contributed by atoms with Gasteiger partial charge in [-0.25, -0.2) is 9.78 Å². The molecule has 0 unspecified atom stereocenters. The molecule has 162 valence electrons. The molecule has 1 aromatic heterocycles. The molecule has 0 saturated carbocycles. The van der Waals surface area contributed by atoms with Gasteiger partial charge in [-0.1, -0.05) is 41.4 Å². The van der Waals surface area contributed by atoms with Crippen LogP contribution in [0.1, 0.15) is 28.0 Å². The Balaban J connectivity index is 2.05. The Bertz CT molecular complexity index is 1100. The van der Waals surface area contributed by atoms with Crippen LogP contribution in [0, 0.1) is 13.8 Å². The first-order valence-corrected chi connectivity index (χ1v) is 10.5. The topological polar surface area (TPSA) is 62.7 Å². The molecule has 0 fully saturated rings. The molecule has 0 amide bonds. The summed E-state index contributed by atoms with van der Waals surface area (Å²) in [6.07, 6.45) is 0.869. The molecule has 2 aromatic carbocycles. The van der Waals surface area contributed by atoms with E-state index < -0.39 is 5.97 Å². The fourth-order valence-electron chi connectivity index (χ4n) is 3.46. The van der Waals surface area contributed by atoms with Crippen molar-refractivity contribution in [3.63, 3.8) is 0 Å². The molecule has 0 aliphatic heterocycles. The summed E-state index contributed by atoms with van der Waals surface area (Å²) in [5.74, 6) is -0.505. The molecule has 0 aliphatic rings. The van der Waals surface area contributed by atoms with Gasteiger partial charge in [0.05, 0.1) is 17.3 Å². The second-order valence-electron chi connectivity index (χ2n) is 7.87. The second kappa shape index (κ2) is 9.94. The molecule has 1 N–H and O–H groups in total. The van der Waals surface area contributed by atoms with Crippen molar-refractivity contribution in [2.45, 2.75) is 20.3 Å². The molecule has 0 bridgehead atoms. The molecule has 3 aromatic rings. The van der Waals surface area contributed by atoms with E-state index in [1.165, 1.54) is 6.07 Å². The number of carboxylic acid groups (broad SMARTS) is 1. The lowest BCUT2D eigenvalue weighted by Gasteiger charge is -2.15. The number of hydrogen-bond donors (Lipinski definition) is 1.